The van der Waals surface area contributed by atoms with Gasteiger partial charge in [0.1, 0.15) is 11.5 Å². The van der Waals surface area contributed by atoms with Crippen LogP contribution in [-0.4, -0.2) is 45.7 Å². The van der Waals surface area contributed by atoms with Crippen molar-refractivity contribution in [3.8, 4) is 0 Å². The van der Waals surface area contributed by atoms with Crippen molar-refractivity contribution in [2.45, 2.75) is 24.9 Å². The second kappa shape index (κ2) is 7.11. The first kappa shape index (κ1) is 16.6. The van der Waals surface area contributed by atoms with Crippen molar-refractivity contribution in [2.75, 3.05) is 19.6 Å². The van der Waals surface area contributed by atoms with E-state index in [2.05, 4.69) is 15.1 Å². The van der Waals surface area contributed by atoms with E-state index in [0.29, 0.717) is 18.7 Å². The van der Waals surface area contributed by atoms with E-state index in [1.54, 1.807) is 24.3 Å². The van der Waals surface area contributed by atoms with Crippen LogP contribution in [0.2, 0.25) is 0 Å². The Morgan fingerprint density at radius 2 is 2.29 bits per heavy atom. The average molecular weight is 332 g/mol. The van der Waals surface area contributed by atoms with Crippen LogP contribution in [0.25, 0.3) is 0 Å². The van der Waals surface area contributed by atoms with Gasteiger partial charge in [-0.25, -0.2) is 4.39 Å². The highest BCUT2D eigenvalue weighted by Crippen LogP contribution is 2.27. The molecule has 0 spiro atoms. The van der Waals surface area contributed by atoms with Crippen LogP contribution >= 0.6 is 0 Å². The van der Waals surface area contributed by atoms with E-state index in [1.165, 1.54) is 6.07 Å². The number of hydrogen-bond acceptors (Lipinski definition) is 4. The number of nitrogens with two attached hydrogens (primary N) is 1. The van der Waals surface area contributed by atoms with Gasteiger partial charge in [-0.15, -0.1) is 0 Å². The first-order valence-electron chi connectivity index (χ1n) is 8.04. The number of rotatable bonds is 5. The molecule has 2 atom stereocenters. The molecule has 1 fully saturated rings. The number of piperidine rings is 1. The van der Waals surface area contributed by atoms with Gasteiger partial charge in [0, 0.05) is 30.3 Å². The number of H-pyrrole nitrogens is 1. The molecule has 6 nitrogen and oxygen atoms in total. The van der Waals surface area contributed by atoms with Gasteiger partial charge in [-0.2, -0.15) is 5.10 Å². The van der Waals surface area contributed by atoms with E-state index in [0.717, 1.165) is 25.1 Å². The number of hydrogen-bond donors (Lipinski definition) is 3. The predicted octanol–water partition coefficient (Wildman–Crippen LogP) is 1.56. The van der Waals surface area contributed by atoms with Crippen molar-refractivity contribution in [3.05, 3.63) is 53.1 Å². The van der Waals surface area contributed by atoms with Crippen LogP contribution in [0.15, 0.2) is 30.3 Å². The third kappa shape index (κ3) is 3.63. The van der Waals surface area contributed by atoms with Gasteiger partial charge in [-0.3, -0.25) is 14.8 Å². The highest BCUT2D eigenvalue weighted by molar-refractivity contribution is 5.90. The summed E-state index contributed by atoms with van der Waals surface area (Å²) in [6.07, 6.45) is 1.06. The number of aromatic nitrogens is 2. The Labute approximate surface area is 139 Å². The van der Waals surface area contributed by atoms with Gasteiger partial charge in [0.05, 0.1) is 6.10 Å². The SMILES string of the molecule is NC(=O)c1cc([C@@H]2CCCN(C[C@@H](O)c3ccccc3F)C2)[nH]n1. The fraction of sp³-hybridized carbons (Fsp3) is 0.412. The standard InChI is InChI=1S/C17H21FN4O2/c18-13-6-2-1-5-12(13)16(23)10-22-7-3-4-11(9-22)14-8-15(17(19)24)21-20-14/h1-2,5-6,8,11,16,23H,3-4,7,9-10H2,(H2,19,24)(H,20,21)/t11-,16-/m1/s1. The molecule has 7 heteroatoms. The van der Waals surface area contributed by atoms with Gasteiger partial charge in [0.25, 0.3) is 5.91 Å². The molecule has 1 aliphatic rings. The first-order valence-corrected chi connectivity index (χ1v) is 8.04. The van der Waals surface area contributed by atoms with Gasteiger partial charge in [-0.1, -0.05) is 18.2 Å². The molecule has 0 bridgehead atoms. The Bertz CT molecular complexity index is 718. The summed E-state index contributed by atoms with van der Waals surface area (Å²) in [6, 6.07) is 7.97. The van der Waals surface area contributed by atoms with Gasteiger partial charge in [-0.05, 0) is 31.5 Å². The summed E-state index contributed by atoms with van der Waals surface area (Å²) >= 11 is 0. The summed E-state index contributed by atoms with van der Waals surface area (Å²) in [5.41, 5.74) is 6.64. The number of nitrogens with zero attached hydrogens (tertiary/aromatic N) is 2. The molecule has 1 aromatic heterocycles. The van der Waals surface area contributed by atoms with Crippen molar-refractivity contribution in [3.63, 3.8) is 0 Å². The zero-order chi connectivity index (χ0) is 17.1. The normalized spacial score (nSPS) is 20.0. The minimum atomic E-state index is -0.868. The van der Waals surface area contributed by atoms with Crippen molar-refractivity contribution in [1.29, 1.82) is 0 Å². The first-order chi connectivity index (χ1) is 11.5. The van der Waals surface area contributed by atoms with Crippen LogP contribution in [-0.2, 0) is 0 Å². The maximum absolute atomic E-state index is 13.8. The number of carbonyl (C=O) groups is 1. The van der Waals surface area contributed by atoms with Crippen LogP contribution in [0, 0.1) is 5.82 Å². The number of carbonyl (C=O) groups excluding carboxylic acids is 1. The van der Waals surface area contributed by atoms with Crippen molar-refractivity contribution < 1.29 is 14.3 Å². The van der Waals surface area contributed by atoms with E-state index < -0.39 is 17.8 Å². The maximum Gasteiger partial charge on any atom is 0.269 e. The van der Waals surface area contributed by atoms with Gasteiger partial charge < -0.3 is 10.8 Å². The van der Waals surface area contributed by atoms with Crippen LogP contribution in [0.3, 0.4) is 0 Å². The number of primary amides is 1. The van der Waals surface area contributed by atoms with E-state index >= 15 is 0 Å². The number of aliphatic hydroxyl groups is 1. The zero-order valence-corrected chi connectivity index (χ0v) is 13.3. The number of β-amino-alcohol motifs (C(OH)–C–C–N with tert-alkyl or cyclic N) is 1. The van der Waals surface area contributed by atoms with E-state index in [4.69, 9.17) is 5.73 Å². The van der Waals surface area contributed by atoms with Crippen molar-refractivity contribution >= 4 is 5.91 Å². The molecule has 128 valence electrons. The van der Waals surface area contributed by atoms with Crippen LogP contribution in [0.1, 0.15) is 46.6 Å². The van der Waals surface area contributed by atoms with Gasteiger partial charge >= 0.3 is 0 Å². The summed E-state index contributed by atoms with van der Waals surface area (Å²) in [7, 11) is 0. The molecule has 1 aliphatic heterocycles. The van der Waals surface area contributed by atoms with Gasteiger partial charge in [0.15, 0.2) is 0 Å². The molecule has 4 N–H and O–H groups in total. The number of benzene rings is 1. The number of nitrogens with one attached hydrogen (secondary N) is 1. The Kier molecular flexibility index (Phi) is 4.92. The highest BCUT2D eigenvalue weighted by Gasteiger charge is 2.25. The Morgan fingerprint density at radius 1 is 1.50 bits per heavy atom. The molecule has 3 rings (SSSR count). The lowest BCUT2D eigenvalue weighted by Crippen LogP contribution is -2.37. The molecule has 1 saturated heterocycles. The van der Waals surface area contributed by atoms with E-state index in [1.807, 2.05) is 0 Å². The topological polar surface area (TPSA) is 95.2 Å². The second-order valence-electron chi connectivity index (χ2n) is 6.21. The molecule has 0 unspecified atom stereocenters. The fourth-order valence-electron chi connectivity index (χ4n) is 3.24. The summed E-state index contributed by atoms with van der Waals surface area (Å²) in [6.45, 7) is 1.93. The highest BCUT2D eigenvalue weighted by atomic mass is 19.1. The minimum absolute atomic E-state index is 0.187. The molecule has 1 amide bonds. The summed E-state index contributed by atoms with van der Waals surface area (Å²) in [5.74, 6) is -0.759. The lowest BCUT2D eigenvalue weighted by atomic mass is 9.94. The number of aliphatic hydroxyl groups excluding tert-OH is 1. The number of likely N-dealkylation sites (tertiary alicyclic amines) is 1. The molecule has 0 saturated carbocycles. The number of halogens is 1. The average Bonchev–Trinajstić information content (AvgIpc) is 3.06. The molecule has 2 heterocycles. The zero-order valence-electron chi connectivity index (χ0n) is 13.3. The number of amides is 1. The van der Waals surface area contributed by atoms with Crippen molar-refractivity contribution in [1.82, 2.24) is 15.1 Å². The summed E-state index contributed by atoms with van der Waals surface area (Å²) in [4.78, 5) is 13.3. The quantitative estimate of drug-likeness (QED) is 0.774. The Balaban J connectivity index is 1.65. The van der Waals surface area contributed by atoms with Crippen LogP contribution in [0.5, 0.6) is 0 Å². The Hall–Kier alpha value is -2.25. The minimum Gasteiger partial charge on any atom is -0.387 e. The predicted molar refractivity (Wildman–Crippen MR) is 86.9 cm³/mol. The summed E-state index contributed by atoms with van der Waals surface area (Å²) in [5, 5.41) is 17.1. The third-order valence-electron chi connectivity index (χ3n) is 4.49. The molecule has 0 aliphatic carbocycles. The second-order valence-corrected chi connectivity index (χ2v) is 6.21. The lowest BCUT2D eigenvalue weighted by molar-refractivity contribution is 0.0926. The number of aromatic amines is 1. The van der Waals surface area contributed by atoms with E-state index in [-0.39, 0.29) is 11.6 Å². The molecular formula is C17H21FN4O2. The van der Waals surface area contributed by atoms with Crippen molar-refractivity contribution in [2.24, 2.45) is 5.73 Å². The van der Waals surface area contributed by atoms with E-state index in [9.17, 15) is 14.3 Å². The van der Waals surface area contributed by atoms with Crippen LogP contribution < -0.4 is 5.73 Å². The largest absolute Gasteiger partial charge is 0.387 e. The third-order valence-corrected chi connectivity index (χ3v) is 4.49. The smallest absolute Gasteiger partial charge is 0.269 e. The van der Waals surface area contributed by atoms with Crippen LogP contribution in [0.4, 0.5) is 4.39 Å². The molecule has 1 aromatic carbocycles. The molecule has 24 heavy (non-hydrogen) atoms. The monoisotopic (exact) mass is 332 g/mol. The molecule has 2 aromatic rings. The van der Waals surface area contributed by atoms with Gasteiger partial charge in [0.2, 0.25) is 0 Å². The lowest BCUT2D eigenvalue weighted by Gasteiger charge is -2.33. The molecular weight excluding hydrogens is 311 g/mol. The summed E-state index contributed by atoms with van der Waals surface area (Å²) < 4.78 is 13.8. The fourth-order valence-corrected chi connectivity index (χ4v) is 3.24. The molecule has 0 radical (unpaired) electrons. The maximum atomic E-state index is 13.8. The Morgan fingerprint density at radius 3 is 3.00 bits per heavy atom.